The highest BCUT2D eigenvalue weighted by Crippen LogP contribution is 2.29. The Hall–Kier alpha value is -1.66. The topological polar surface area (TPSA) is 67.6 Å². The Balaban J connectivity index is 2.24. The monoisotopic (exact) mass is 279 g/mol. The molecule has 2 rings (SSSR count). The lowest BCUT2D eigenvalue weighted by atomic mass is 10.1. The zero-order valence-corrected chi connectivity index (χ0v) is 12.1. The molecule has 1 saturated heterocycles. The Morgan fingerprint density at radius 2 is 2.25 bits per heavy atom. The molecule has 1 heterocycles. The molecule has 0 bridgehead atoms. The van der Waals surface area contributed by atoms with Crippen molar-refractivity contribution in [3.63, 3.8) is 0 Å². The Kier molecular flexibility index (Phi) is 4.57. The molecule has 0 aliphatic carbocycles. The maximum absolute atomic E-state index is 11.1. The first-order valence-electron chi connectivity index (χ1n) is 6.82. The molecule has 0 spiro atoms. The third-order valence-electron chi connectivity index (χ3n) is 3.69. The van der Waals surface area contributed by atoms with Crippen LogP contribution in [0.25, 0.3) is 0 Å². The second-order valence-electron chi connectivity index (χ2n) is 5.24. The maximum Gasteiger partial charge on any atom is 0.292 e. The highest BCUT2D eigenvalue weighted by Gasteiger charge is 2.25. The highest BCUT2D eigenvalue weighted by molar-refractivity contribution is 5.66. The predicted octanol–water partition coefficient (Wildman–Crippen LogP) is 2.25. The van der Waals surface area contributed by atoms with Crippen LogP contribution in [0.15, 0.2) is 18.2 Å². The van der Waals surface area contributed by atoms with Crippen LogP contribution in [-0.2, 0) is 11.3 Å². The lowest BCUT2D eigenvalue weighted by Crippen LogP contribution is -2.46. The van der Waals surface area contributed by atoms with Gasteiger partial charge < -0.3 is 10.1 Å². The summed E-state index contributed by atoms with van der Waals surface area (Å²) in [6.07, 6.45) is 0.197. The summed E-state index contributed by atoms with van der Waals surface area (Å²) in [5.41, 5.74) is 1.67. The molecular weight excluding hydrogens is 258 g/mol. The van der Waals surface area contributed by atoms with Crippen molar-refractivity contribution in [3.05, 3.63) is 33.9 Å². The second kappa shape index (κ2) is 6.19. The van der Waals surface area contributed by atoms with E-state index in [4.69, 9.17) is 4.74 Å². The fourth-order valence-corrected chi connectivity index (χ4v) is 2.57. The van der Waals surface area contributed by atoms with E-state index in [0.29, 0.717) is 24.9 Å². The van der Waals surface area contributed by atoms with Gasteiger partial charge in [-0.2, -0.15) is 0 Å². The van der Waals surface area contributed by atoms with Crippen LogP contribution in [0.3, 0.4) is 0 Å². The fourth-order valence-electron chi connectivity index (χ4n) is 2.57. The van der Waals surface area contributed by atoms with Crippen LogP contribution in [0.5, 0.6) is 0 Å². The third kappa shape index (κ3) is 3.08. The Morgan fingerprint density at radius 3 is 2.90 bits per heavy atom. The smallest absolute Gasteiger partial charge is 0.292 e. The molecule has 2 atom stereocenters. The van der Waals surface area contributed by atoms with E-state index in [2.05, 4.69) is 17.1 Å². The van der Waals surface area contributed by atoms with Gasteiger partial charge in [-0.25, -0.2) is 0 Å². The maximum atomic E-state index is 11.1. The SMILES string of the molecule is CNc1c(CN2CC(C)OCC2C)cccc1[N+](=O)[O-]. The molecule has 110 valence electrons. The van der Waals surface area contributed by atoms with Crippen molar-refractivity contribution in [3.8, 4) is 0 Å². The molecule has 6 heteroatoms. The second-order valence-corrected chi connectivity index (χ2v) is 5.24. The zero-order valence-electron chi connectivity index (χ0n) is 12.1. The average Bonchev–Trinajstić information content (AvgIpc) is 2.42. The molecule has 0 saturated carbocycles. The number of nitrogens with one attached hydrogen (secondary N) is 1. The van der Waals surface area contributed by atoms with E-state index in [0.717, 1.165) is 12.1 Å². The molecular formula is C14H21N3O3. The van der Waals surface area contributed by atoms with Gasteiger partial charge in [-0.05, 0) is 19.4 Å². The van der Waals surface area contributed by atoms with Crippen LogP contribution in [-0.4, -0.2) is 42.2 Å². The number of ether oxygens (including phenoxy) is 1. The van der Waals surface area contributed by atoms with Gasteiger partial charge in [-0.15, -0.1) is 0 Å². The summed E-state index contributed by atoms with van der Waals surface area (Å²) in [7, 11) is 1.72. The summed E-state index contributed by atoms with van der Waals surface area (Å²) in [4.78, 5) is 13.0. The number of nitro groups is 1. The first-order valence-corrected chi connectivity index (χ1v) is 6.82. The number of nitrogens with zero attached hydrogens (tertiary/aromatic N) is 2. The fraction of sp³-hybridized carbons (Fsp3) is 0.571. The number of para-hydroxylation sites is 1. The Bertz CT molecular complexity index is 493. The first-order chi connectivity index (χ1) is 9.52. The van der Waals surface area contributed by atoms with Crippen LogP contribution < -0.4 is 5.32 Å². The molecule has 1 aromatic carbocycles. The van der Waals surface area contributed by atoms with Crippen LogP contribution in [0.2, 0.25) is 0 Å². The normalized spacial score (nSPS) is 23.6. The molecule has 0 aromatic heterocycles. The number of nitro benzene ring substituents is 1. The zero-order chi connectivity index (χ0) is 14.7. The van der Waals surface area contributed by atoms with Gasteiger partial charge in [0, 0.05) is 32.2 Å². The minimum Gasteiger partial charge on any atom is -0.382 e. The minimum atomic E-state index is -0.347. The van der Waals surface area contributed by atoms with Crippen molar-refractivity contribution in [2.24, 2.45) is 0 Å². The molecule has 1 fully saturated rings. The van der Waals surface area contributed by atoms with Crippen LogP contribution in [0.1, 0.15) is 19.4 Å². The Labute approximate surface area is 118 Å². The standard InChI is InChI=1S/C14H21N3O3/c1-10-9-20-11(2)7-16(10)8-12-5-4-6-13(17(18)19)14(12)15-3/h4-6,10-11,15H,7-9H2,1-3H3. The number of hydrogen-bond acceptors (Lipinski definition) is 5. The molecule has 2 unspecified atom stereocenters. The summed E-state index contributed by atoms with van der Waals surface area (Å²) < 4.78 is 5.61. The summed E-state index contributed by atoms with van der Waals surface area (Å²) in [5.74, 6) is 0. The van der Waals surface area contributed by atoms with Gasteiger partial charge in [0.25, 0.3) is 5.69 Å². The molecule has 6 nitrogen and oxygen atoms in total. The van der Waals surface area contributed by atoms with Crippen molar-refractivity contribution in [1.82, 2.24) is 4.90 Å². The lowest BCUT2D eigenvalue weighted by Gasteiger charge is -2.37. The first kappa shape index (κ1) is 14.7. The third-order valence-corrected chi connectivity index (χ3v) is 3.69. The molecule has 0 radical (unpaired) electrons. The quantitative estimate of drug-likeness (QED) is 0.676. The van der Waals surface area contributed by atoms with Crippen LogP contribution in [0, 0.1) is 10.1 Å². The van der Waals surface area contributed by atoms with E-state index in [1.54, 1.807) is 13.1 Å². The largest absolute Gasteiger partial charge is 0.382 e. The van der Waals surface area contributed by atoms with E-state index in [9.17, 15) is 10.1 Å². The van der Waals surface area contributed by atoms with Crippen LogP contribution in [0.4, 0.5) is 11.4 Å². The van der Waals surface area contributed by atoms with Gasteiger partial charge in [0.05, 0.1) is 17.6 Å². The molecule has 1 aromatic rings. The summed E-state index contributed by atoms with van der Waals surface area (Å²) in [6.45, 7) is 6.39. The number of benzene rings is 1. The van der Waals surface area contributed by atoms with Crippen molar-refractivity contribution in [2.75, 3.05) is 25.5 Å². The molecule has 1 N–H and O–H groups in total. The van der Waals surface area contributed by atoms with Crippen molar-refractivity contribution >= 4 is 11.4 Å². The van der Waals surface area contributed by atoms with Gasteiger partial charge in [0.15, 0.2) is 0 Å². The van der Waals surface area contributed by atoms with Crippen LogP contribution >= 0.6 is 0 Å². The highest BCUT2D eigenvalue weighted by atomic mass is 16.6. The minimum absolute atomic E-state index is 0.124. The van der Waals surface area contributed by atoms with E-state index in [1.165, 1.54) is 6.07 Å². The molecule has 0 amide bonds. The number of anilines is 1. The number of hydrogen-bond donors (Lipinski definition) is 1. The van der Waals surface area contributed by atoms with Gasteiger partial charge in [-0.3, -0.25) is 15.0 Å². The van der Waals surface area contributed by atoms with Crippen molar-refractivity contribution < 1.29 is 9.66 Å². The van der Waals surface area contributed by atoms with E-state index in [-0.39, 0.29) is 16.7 Å². The summed E-state index contributed by atoms with van der Waals surface area (Å²) >= 11 is 0. The molecule has 1 aliphatic rings. The van der Waals surface area contributed by atoms with E-state index in [1.807, 2.05) is 13.0 Å². The molecule has 20 heavy (non-hydrogen) atoms. The summed E-state index contributed by atoms with van der Waals surface area (Å²) in [5, 5.41) is 14.0. The number of rotatable bonds is 4. The number of morpholine rings is 1. The van der Waals surface area contributed by atoms with Crippen molar-refractivity contribution in [2.45, 2.75) is 32.5 Å². The predicted molar refractivity (Wildman–Crippen MR) is 77.9 cm³/mol. The molecule has 1 aliphatic heterocycles. The van der Waals surface area contributed by atoms with Gasteiger partial charge in [0.2, 0.25) is 0 Å². The summed E-state index contributed by atoms with van der Waals surface area (Å²) in [6, 6.07) is 5.52. The van der Waals surface area contributed by atoms with Crippen molar-refractivity contribution in [1.29, 1.82) is 0 Å². The van der Waals surface area contributed by atoms with E-state index < -0.39 is 0 Å². The average molecular weight is 279 g/mol. The lowest BCUT2D eigenvalue weighted by molar-refractivity contribution is -0.384. The van der Waals surface area contributed by atoms with Gasteiger partial charge in [0.1, 0.15) is 5.69 Å². The Morgan fingerprint density at radius 1 is 1.50 bits per heavy atom. The van der Waals surface area contributed by atoms with Gasteiger partial charge >= 0.3 is 0 Å². The van der Waals surface area contributed by atoms with E-state index >= 15 is 0 Å². The van der Waals surface area contributed by atoms with Gasteiger partial charge in [-0.1, -0.05) is 12.1 Å².